The molecule has 0 saturated heterocycles. The van der Waals surface area contributed by atoms with E-state index in [4.69, 9.17) is 15.9 Å². The number of carboxylic acids is 1. The molecule has 11 heteroatoms. The second kappa shape index (κ2) is 14.5. The largest absolute Gasteiger partial charge is 0.480 e. The van der Waals surface area contributed by atoms with Gasteiger partial charge in [0.15, 0.2) is 11.7 Å². The highest BCUT2D eigenvalue weighted by Crippen LogP contribution is 2.28. The first-order valence-corrected chi connectivity index (χ1v) is 13.1. The molecule has 0 aliphatic heterocycles. The van der Waals surface area contributed by atoms with Crippen LogP contribution < -0.4 is 22.1 Å². The van der Waals surface area contributed by atoms with Gasteiger partial charge < -0.3 is 31.6 Å². The fourth-order valence-corrected chi connectivity index (χ4v) is 4.28. The Balaban J connectivity index is 1.77. The highest BCUT2D eigenvalue weighted by molar-refractivity contribution is 5.94. The Bertz CT molecular complexity index is 1250. The minimum Gasteiger partial charge on any atom is -0.480 e. The molecule has 40 heavy (non-hydrogen) atoms. The average Bonchev–Trinajstić information content (AvgIpc) is 3.41. The summed E-state index contributed by atoms with van der Waals surface area (Å²) in [5.74, 6) is -2.46. The molecule has 2 amide bonds. The van der Waals surface area contributed by atoms with Crippen LogP contribution in [0.3, 0.4) is 0 Å². The van der Waals surface area contributed by atoms with Crippen LogP contribution in [0.2, 0.25) is 0 Å². The smallest absolute Gasteiger partial charge is 0.326 e. The monoisotopic (exact) mass is 548 g/mol. The second-order valence-electron chi connectivity index (χ2n) is 9.83. The highest BCUT2D eigenvalue weighted by atomic mass is 16.4. The SMILES string of the molecule is CC(C)C[C@H](NC(=O)C(c1ccccc1)c1ccccc1)c1nc(C(=O)N[C@@H](CCCN=C(N)N)C(=O)O)co1. The predicted molar refractivity (Wildman–Crippen MR) is 150 cm³/mol. The number of aromatic nitrogens is 1. The Morgan fingerprint density at radius 3 is 2.10 bits per heavy atom. The number of benzene rings is 2. The second-order valence-corrected chi connectivity index (χ2v) is 9.83. The summed E-state index contributed by atoms with van der Waals surface area (Å²) in [5, 5.41) is 15.0. The third-order valence-corrected chi connectivity index (χ3v) is 6.15. The number of carbonyl (C=O) groups excluding carboxylic acids is 2. The quantitative estimate of drug-likeness (QED) is 0.116. The summed E-state index contributed by atoms with van der Waals surface area (Å²) in [6.07, 6.45) is 2.14. The van der Waals surface area contributed by atoms with Crippen LogP contribution in [-0.4, -0.2) is 46.4 Å². The minimum absolute atomic E-state index is 0.0869. The van der Waals surface area contributed by atoms with Crippen molar-refractivity contribution in [3.8, 4) is 0 Å². The number of aliphatic carboxylic acids is 1. The van der Waals surface area contributed by atoms with Gasteiger partial charge in [0.2, 0.25) is 11.8 Å². The Morgan fingerprint density at radius 2 is 1.57 bits per heavy atom. The molecular formula is C29H36N6O5. The van der Waals surface area contributed by atoms with Gasteiger partial charge in [-0.15, -0.1) is 0 Å². The molecule has 212 valence electrons. The first-order chi connectivity index (χ1) is 19.2. The maximum Gasteiger partial charge on any atom is 0.326 e. The van der Waals surface area contributed by atoms with Crippen molar-refractivity contribution in [2.75, 3.05) is 6.54 Å². The van der Waals surface area contributed by atoms with Crippen molar-refractivity contribution in [2.45, 2.75) is 51.1 Å². The number of carboxylic acid groups (broad SMARTS) is 1. The molecule has 0 saturated carbocycles. The summed E-state index contributed by atoms with van der Waals surface area (Å²) < 4.78 is 5.63. The van der Waals surface area contributed by atoms with Crippen molar-refractivity contribution >= 4 is 23.7 Å². The summed E-state index contributed by atoms with van der Waals surface area (Å²) in [4.78, 5) is 46.3. The van der Waals surface area contributed by atoms with Gasteiger partial charge in [0.05, 0.1) is 5.92 Å². The lowest BCUT2D eigenvalue weighted by Gasteiger charge is -2.23. The van der Waals surface area contributed by atoms with E-state index in [1.54, 1.807) is 0 Å². The number of nitrogens with one attached hydrogen (secondary N) is 2. The Hall–Kier alpha value is -4.67. The summed E-state index contributed by atoms with van der Waals surface area (Å²) in [7, 11) is 0. The molecule has 3 rings (SSSR count). The van der Waals surface area contributed by atoms with Crippen LogP contribution >= 0.6 is 0 Å². The first-order valence-electron chi connectivity index (χ1n) is 13.1. The zero-order valence-corrected chi connectivity index (χ0v) is 22.6. The lowest BCUT2D eigenvalue weighted by molar-refractivity contribution is -0.139. The van der Waals surface area contributed by atoms with Gasteiger partial charge in [0.25, 0.3) is 5.91 Å². The third-order valence-electron chi connectivity index (χ3n) is 6.15. The molecular weight excluding hydrogens is 512 g/mol. The zero-order valence-electron chi connectivity index (χ0n) is 22.6. The molecule has 11 nitrogen and oxygen atoms in total. The topological polar surface area (TPSA) is 186 Å². The molecule has 0 aliphatic carbocycles. The maximum atomic E-state index is 13.7. The number of nitrogens with two attached hydrogens (primary N) is 2. The van der Waals surface area contributed by atoms with Gasteiger partial charge >= 0.3 is 5.97 Å². The predicted octanol–water partition coefficient (Wildman–Crippen LogP) is 2.95. The molecule has 3 aromatic rings. The van der Waals surface area contributed by atoms with Gasteiger partial charge in [-0.3, -0.25) is 14.6 Å². The van der Waals surface area contributed by atoms with Crippen molar-refractivity contribution < 1.29 is 23.9 Å². The van der Waals surface area contributed by atoms with Gasteiger partial charge in [0, 0.05) is 6.54 Å². The molecule has 2 aromatic carbocycles. The van der Waals surface area contributed by atoms with Crippen LogP contribution in [0.15, 0.2) is 76.3 Å². The molecule has 0 aliphatic rings. The van der Waals surface area contributed by atoms with Crippen LogP contribution in [0.1, 0.15) is 72.6 Å². The molecule has 0 bridgehead atoms. The fraction of sp³-hybridized carbons (Fsp3) is 0.345. The first kappa shape index (κ1) is 29.9. The number of hydrogen-bond donors (Lipinski definition) is 5. The summed E-state index contributed by atoms with van der Waals surface area (Å²) in [6.45, 7) is 4.24. The van der Waals surface area contributed by atoms with E-state index in [1.807, 2.05) is 74.5 Å². The Labute approximate surface area is 233 Å². The van der Waals surface area contributed by atoms with Gasteiger partial charge in [-0.25, -0.2) is 9.78 Å². The van der Waals surface area contributed by atoms with E-state index < -0.39 is 29.9 Å². The number of nitrogens with zero attached hydrogens (tertiary/aromatic N) is 2. The van der Waals surface area contributed by atoms with Crippen molar-refractivity contribution in [1.82, 2.24) is 15.6 Å². The van der Waals surface area contributed by atoms with Crippen LogP contribution in [0.25, 0.3) is 0 Å². The van der Waals surface area contributed by atoms with Gasteiger partial charge in [-0.05, 0) is 36.3 Å². The number of hydrogen-bond acceptors (Lipinski definition) is 6. The molecule has 1 aromatic heterocycles. The van der Waals surface area contributed by atoms with E-state index in [0.29, 0.717) is 12.8 Å². The van der Waals surface area contributed by atoms with E-state index in [0.717, 1.165) is 17.4 Å². The van der Waals surface area contributed by atoms with Crippen molar-refractivity contribution in [3.63, 3.8) is 0 Å². The third kappa shape index (κ3) is 8.69. The number of aliphatic imine (C=N–C) groups is 1. The van der Waals surface area contributed by atoms with Gasteiger partial charge in [-0.2, -0.15) is 0 Å². The van der Waals surface area contributed by atoms with Gasteiger partial charge in [-0.1, -0.05) is 74.5 Å². The highest BCUT2D eigenvalue weighted by Gasteiger charge is 2.29. The molecule has 0 radical (unpaired) electrons. The van der Waals surface area contributed by atoms with E-state index in [1.165, 1.54) is 0 Å². The number of guanidine groups is 1. The molecule has 0 spiro atoms. The summed E-state index contributed by atoms with van der Waals surface area (Å²) in [6, 6.07) is 17.1. The molecule has 0 unspecified atom stereocenters. The molecule has 2 atom stereocenters. The summed E-state index contributed by atoms with van der Waals surface area (Å²) in [5.41, 5.74) is 12.2. The number of amides is 2. The van der Waals surface area contributed by atoms with Crippen molar-refractivity contribution in [2.24, 2.45) is 22.4 Å². The number of rotatable bonds is 14. The normalized spacial score (nSPS) is 12.5. The standard InChI is InChI=1S/C29H36N6O5/c1-18(2)16-22(34-26(37)24(19-10-5-3-6-11-19)20-12-7-4-8-13-20)27-35-23(17-40-27)25(36)33-21(28(38)39)14-9-15-32-29(30)31/h3-8,10-13,17-18,21-22,24H,9,14-16H2,1-2H3,(H,33,36)(H,34,37)(H,38,39)(H4,30,31,32)/t21-,22-/m0/s1. The Kier molecular flexibility index (Phi) is 10.8. The zero-order chi connectivity index (χ0) is 29.1. The Morgan fingerprint density at radius 1 is 0.975 bits per heavy atom. The molecule has 7 N–H and O–H groups in total. The average molecular weight is 549 g/mol. The van der Waals surface area contributed by atoms with E-state index >= 15 is 0 Å². The van der Waals surface area contributed by atoms with Crippen LogP contribution in [-0.2, 0) is 9.59 Å². The van der Waals surface area contributed by atoms with E-state index in [2.05, 4.69) is 20.6 Å². The lowest BCUT2D eigenvalue weighted by atomic mass is 9.90. The minimum atomic E-state index is -1.19. The fourth-order valence-electron chi connectivity index (χ4n) is 4.28. The van der Waals surface area contributed by atoms with Crippen LogP contribution in [0.4, 0.5) is 0 Å². The molecule has 1 heterocycles. The summed E-state index contributed by atoms with van der Waals surface area (Å²) >= 11 is 0. The van der Waals surface area contributed by atoms with Crippen LogP contribution in [0, 0.1) is 5.92 Å². The number of carbonyl (C=O) groups is 3. The van der Waals surface area contributed by atoms with Crippen LogP contribution in [0.5, 0.6) is 0 Å². The van der Waals surface area contributed by atoms with Crippen molar-refractivity contribution in [1.29, 1.82) is 0 Å². The van der Waals surface area contributed by atoms with Gasteiger partial charge in [0.1, 0.15) is 18.3 Å². The number of oxazole rings is 1. The van der Waals surface area contributed by atoms with Crippen molar-refractivity contribution in [3.05, 3.63) is 89.6 Å². The van der Waals surface area contributed by atoms with E-state index in [9.17, 15) is 19.5 Å². The van der Waals surface area contributed by atoms with E-state index in [-0.39, 0.29) is 42.3 Å². The maximum absolute atomic E-state index is 13.7. The molecule has 0 fully saturated rings. The lowest BCUT2D eigenvalue weighted by Crippen LogP contribution is -2.41.